The van der Waals surface area contributed by atoms with Crippen molar-refractivity contribution in [1.29, 1.82) is 0 Å². The van der Waals surface area contributed by atoms with Crippen molar-refractivity contribution in [1.82, 2.24) is 5.32 Å². The largest absolute Gasteiger partial charge is 0.504 e. The Morgan fingerprint density at radius 3 is 2.76 bits per heavy atom. The van der Waals surface area contributed by atoms with Gasteiger partial charge in [0.05, 0.1) is 6.61 Å². The number of phenolic OH excluding ortho intramolecular Hbond substituents is 1. The molecule has 0 aliphatic rings. The number of carbonyl (C=O) groups excluding carboxylic acids is 1. The summed E-state index contributed by atoms with van der Waals surface area (Å²) >= 11 is 0. The Bertz CT molecular complexity index is 731. The van der Waals surface area contributed by atoms with Gasteiger partial charge in [-0.05, 0) is 42.2 Å². The zero-order valence-corrected chi connectivity index (χ0v) is 14.6. The van der Waals surface area contributed by atoms with Crippen LogP contribution in [0.2, 0.25) is 0 Å². The summed E-state index contributed by atoms with van der Waals surface area (Å²) < 4.78 is 19.5. The second kappa shape index (κ2) is 9.06. The standard InChI is InChI=1S/C20H24FNO3/c1-3-4-12-25-20-18(24)9-8-15(10-11-22-14(2)23)19(20)16-6-5-7-17(21)13-16/h5-9,13,24H,3-4,10-12H2,1-2H3,(H,22,23). The minimum absolute atomic E-state index is 0.0265. The van der Waals surface area contributed by atoms with Crippen LogP contribution in [-0.4, -0.2) is 24.2 Å². The van der Waals surface area contributed by atoms with Crippen LogP contribution in [0.4, 0.5) is 4.39 Å². The monoisotopic (exact) mass is 345 g/mol. The number of hydrogen-bond donors (Lipinski definition) is 2. The van der Waals surface area contributed by atoms with Crippen molar-refractivity contribution in [3.05, 3.63) is 47.8 Å². The first-order valence-electron chi connectivity index (χ1n) is 8.51. The van der Waals surface area contributed by atoms with E-state index in [4.69, 9.17) is 4.74 Å². The molecule has 0 aliphatic heterocycles. The first-order valence-corrected chi connectivity index (χ1v) is 8.51. The molecule has 2 aromatic carbocycles. The van der Waals surface area contributed by atoms with Gasteiger partial charge in [-0.1, -0.05) is 31.5 Å². The maximum atomic E-state index is 13.7. The topological polar surface area (TPSA) is 58.6 Å². The highest BCUT2D eigenvalue weighted by Gasteiger charge is 2.17. The zero-order valence-electron chi connectivity index (χ0n) is 14.6. The van der Waals surface area contributed by atoms with Gasteiger partial charge in [0.1, 0.15) is 5.82 Å². The molecule has 0 aliphatic carbocycles. The average molecular weight is 345 g/mol. The zero-order chi connectivity index (χ0) is 18.2. The number of nitrogens with one attached hydrogen (secondary N) is 1. The molecule has 0 saturated carbocycles. The molecule has 0 fully saturated rings. The summed E-state index contributed by atoms with van der Waals surface area (Å²) in [6.07, 6.45) is 2.38. The Kier molecular flexibility index (Phi) is 6.81. The molecule has 4 nitrogen and oxygen atoms in total. The van der Waals surface area contributed by atoms with Crippen molar-refractivity contribution >= 4 is 5.91 Å². The van der Waals surface area contributed by atoms with Crippen LogP contribution in [0.25, 0.3) is 11.1 Å². The van der Waals surface area contributed by atoms with Gasteiger partial charge in [0.25, 0.3) is 0 Å². The number of halogens is 1. The summed E-state index contributed by atoms with van der Waals surface area (Å²) in [6, 6.07) is 9.57. The van der Waals surface area contributed by atoms with Crippen molar-refractivity contribution < 1.29 is 19.0 Å². The molecule has 0 atom stereocenters. The summed E-state index contributed by atoms with van der Waals surface area (Å²) in [4.78, 5) is 11.1. The number of rotatable bonds is 8. The molecule has 0 spiro atoms. The third-order valence-corrected chi connectivity index (χ3v) is 3.85. The molecule has 0 unspecified atom stereocenters. The van der Waals surface area contributed by atoms with Gasteiger partial charge in [-0.3, -0.25) is 4.79 Å². The van der Waals surface area contributed by atoms with E-state index >= 15 is 0 Å². The first-order chi connectivity index (χ1) is 12.0. The van der Waals surface area contributed by atoms with Gasteiger partial charge in [-0.15, -0.1) is 0 Å². The minimum atomic E-state index is -0.354. The highest BCUT2D eigenvalue weighted by molar-refractivity contribution is 5.77. The molecule has 0 radical (unpaired) electrons. The van der Waals surface area contributed by atoms with E-state index in [0.717, 1.165) is 18.4 Å². The summed E-state index contributed by atoms with van der Waals surface area (Å²) in [5, 5.41) is 13.0. The number of unbranched alkanes of at least 4 members (excludes halogenated alkanes) is 1. The molecular formula is C20H24FNO3. The molecule has 134 valence electrons. The smallest absolute Gasteiger partial charge is 0.216 e. The van der Waals surface area contributed by atoms with E-state index in [-0.39, 0.29) is 17.5 Å². The quantitative estimate of drug-likeness (QED) is 0.710. The fraction of sp³-hybridized carbons (Fsp3) is 0.350. The Labute approximate surface area is 147 Å². The Balaban J connectivity index is 2.43. The fourth-order valence-electron chi connectivity index (χ4n) is 2.62. The molecule has 0 saturated heterocycles. The molecular weight excluding hydrogens is 321 g/mol. The van der Waals surface area contributed by atoms with Crippen molar-refractivity contribution in [2.45, 2.75) is 33.1 Å². The number of ether oxygens (including phenoxy) is 1. The van der Waals surface area contributed by atoms with E-state index in [1.165, 1.54) is 19.1 Å². The molecule has 1 amide bonds. The van der Waals surface area contributed by atoms with Crippen molar-refractivity contribution in [2.75, 3.05) is 13.2 Å². The lowest BCUT2D eigenvalue weighted by atomic mass is 9.95. The van der Waals surface area contributed by atoms with Crippen molar-refractivity contribution in [2.24, 2.45) is 0 Å². The van der Waals surface area contributed by atoms with Crippen LogP contribution in [0.5, 0.6) is 11.5 Å². The predicted molar refractivity (Wildman–Crippen MR) is 96.3 cm³/mol. The second-order valence-electron chi connectivity index (χ2n) is 5.89. The van der Waals surface area contributed by atoms with Gasteiger partial charge in [-0.25, -0.2) is 4.39 Å². The lowest BCUT2D eigenvalue weighted by molar-refractivity contribution is -0.118. The first kappa shape index (κ1) is 18.8. The van der Waals surface area contributed by atoms with Crippen LogP contribution in [-0.2, 0) is 11.2 Å². The Hall–Kier alpha value is -2.56. The normalized spacial score (nSPS) is 10.5. The minimum Gasteiger partial charge on any atom is -0.504 e. The number of amides is 1. The maximum Gasteiger partial charge on any atom is 0.216 e. The SMILES string of the molecule is CCCCOc1c(O)ccc(CCNC(C)=O)c1-c1cccc(F)c1. The van der Waals surface area contributed by atoms with Crippen LogP contribution in [0.15, 0.2) is 36.4 Å². The number of benzene rings is 2. The molecule has 0 bridgehead atoms. The van der Waals surface area contributed by atoms with Crippen LogP contribution < -0.4 is 10.1 Å². The lowest BCUT2D eigenvalue weighted by Crippen LogP contribution is -2.22. The fourth-order valence-corrected chi connectivity index (χ4v) is 2.62. The molecule has 5 heteroatoms. The van der Waals surface area contributed by atoms with E-state index in [0.29, 0.717) is 36.4 Å². The maximum absolute atomic E-state index is 13.7. The second-order valence-corrected chi connectivity index (χ2v) is 5.89. The van der Waals surface area contributed by atoms with Crippen LogP contribution >= 0.6 is 0 Å². The highest BCUT2D eigenvalue weighted by Crippen LogP contribution is 2.40. The van der Waals surface area contributed by atoms with Crippen LogP contribution in [0, 0.1) is 5.82 Å². The summed E-state index contributed by atoms with van der Waals surface area (Å²) in [6.45, 7) is 4.45. The van der Waals surface area contributed by atoms with E-state index < -0.39 is 0 Å². The lowest BCUT2D eigenvalue weighted by Gasteiger charge is -2.18. The molecule has 25 heavy (non-hydrogen) atoms. The van der Waals surface area contributed by atoms with E-state index in [1.54, 1.807) is 24.3 Å². The van der Waals surface area contributed by atoms with Crippen LogP contribution in [0.1, 0.15) is 32.3 Å². The van der Waals surface area contributed by atoms with Gasteiger partial charge >= 0.3 is 0 Å². The number of hydrogen-bond acceptors (Lipinski definition) is 3. The van der Waals surface area contributed by atoms with E-state index in [2.05, 4.69) is 12.2 Å². The summed E-state index contributed by atoms with van der Waals surface area (Å²) in [7, 11) is 0. The van der Waals surface area contributed by atoms with Gasteiger partial charge in [0.15, 0.2) is 11.5 Å². The third-order valence-electron chi connectivity index (χ3n) is 3.85. The Morgan fingerprint density at radius 1 is 1.28 bits per heavy atom. The summed E-state index contributed by atoms with van der Waals surface area (Å²) in [5.74, 6) is -0.0725. The highest BCUT2D eigenvalue weighted by atomic mass is 19.1. The van der Waals surface area contributed by atoms with Crippen molar-refractivity contribution in [3.63, 3.8) is 0 Å². The predicted octanol–water partition coefficient (Wildman–Crippen LogP) is 4.06. The van der Waals surface area contributed by atoms with Gasteiger partial charge < -0.3 is 15.2 Å². The Morgan fingerprint density at radius 2 is 2.08 bits per heavy atom. The molecule has 2 N–H and O–H groups in total. The number of carbonyl (C=O) groups is 1. The molecule has 0 aromatic heterocycles. The summed E-state index contributed by atoms with van der Waals surface area (Å²) in [5.41, 5.74) is 2.19. The van der Waals surface area contributed by atoms with Crippen LogP contribution in [0.3, 0.4) is 0 Å². The molecule has 2 aromatic rings. The van der Waals surface area contributed by atoms with E-state index in [1.807, 2.05) is 0 Å². The third kappa shape index (κ3) is 5.21. The van der Waals surface area contributed by atoms with Gasteiger partial charge in [0.2, 0.25) is 5.91 Å². The van der Waals surface area contributed by atoms with Gasteiger partial charge in [0, 0.05) is 19.0 Å². The number of phenols is 1. The van der Waals surface area contributed by atoms with E-state index in [9.17, 15) is 14.3 Å². The van der Waals surface area contributed by atoms with Gasteiger partial charge in [-0.2, -0.15) is 0 Å². The average Bonchev–Trinajstić information content (AvgIpc) is 2.57. The number of aromatic hydroxyl groups is 1. The van der Waals surface area contributed by atoms with Crippen molar-refractivity contribution in [3.8, 4) is 22.6 Å². The molecule has 2 rings (SSSR count). The molecule has 0 heterocycles.